The smallest absolute Gasteiger partial charge is 0.357 e. The zero-order chi connectivity index (χ0) is 18.5. The fraction of sp³-hybridized carbons (Fsp3) is 0.263. The number of benzene rings is 1. The Bertz CT molecular complexity index is 822. The maximum absolute atomic E-state index is 12.6. The monoisotopic (exact) mass is 354 g/mol. The molecule has 26 heavy (non-hydrogen) atoms. The highest BCUT2D eigenvalue weighted by molar-refractivity contribution is 5.91. The van der Waals surface area contributed by atoms with Crippen molar-refractivity contribution in [3.8, 4) is 0 Å². The fourth-order valence-corrected chi connectivity index (χ4v) is 2.90. The van der Waals surface area contributed by atoms with Gasteiger partial charge in [0.05, 0.1) is 7.11 Å². The van der Waals surface area contributed by atoms with Crippen molar-refractivity contribution in [1.82, 2.24) is 9.88 Å². The zero-order valence-corrected chi connectivity index (χ0v) is 14.3. The van der Waals surface area contributed by atoms with Crippen molar-refractivity contribution in [2.45, 2.75) is 19.0 Å². The summed E-state index contributed by atoms with van der Waals surface area (Å²) in [5.41, 5.74) is 2.07. The summed E-state index contributed by atoms with van der Waals surface area (Å²) in [6, 6.07) is 11.7. The number of carbonyl (C=O) groups excluding carboxylic acids is 3. The zero-order valence-electron chi connectivity index (χ0n) is 14.3. The number of fused-ring (bicyclic) bond motifs is 1. The van der Waals surface area contributed by atoms with Gasteiger partial charge in [0.15, 0.2) is 6.61 Å². The van der Waals surface area contributed by atoms with Gasteiger partial charge in [-0.25, -0.2) is 14.6 Å². The van der Waals surface area contributed by atoms with E-state index in [0.29, 0.717) is 6.42 Å². The lowest BCUT2D eigenvalue weighted by Crippen LogP contribution is -2.50. The Kier molecular flexibility index (Phi) is 5.26. The third-order valence-electron chi connectivity index (χ3n) is 4.24. The summed E-state index contributed by atoms with van der Waals surface area (Å²) < 4.78 is 9.88. The molecule has 0 radical (unpaired) electrons. The van der Waals surface area contributed by atoms with Gasteiger partial charge >= 0.3 is 11.9 Å². The van der Waals surface area contributed by atoms with E-state index >= 15 is 0 Å². The lowest BCUT2D eigenvalue weighted by molar-refractivity contribution is -0.155. The average Bonchev–Trinajstić information content (AvgIpc) is 2.70. The van der Waals surface area contributed by atoms with Gasteiger partial charge in [0, 0.05) is 19.2 Å². The van der Waals surface area contributed by atoms with Crippen LogP contribution in [-0.4, -0.2) is 47.5 Å². The van der Waals surface area contributed by atoms with Crippen molar-refractivity contribution in [1.29, 1.82) is 0 Å². The van der Waals surface area contributed by atoms with E-state index in [9.17, 15) is 14.4 Å². The van der Waals surface area contributed by atoms with E-state index < -0.39 is 30.5 Å². The number of pyridine rings is 1. The first kappa shape index (κ1) is 17.6. The second-order valence-electron chi connectivity index (χ2n) is 5.82. The summed E-state index contributed by atoms with van der Waals surface area (Å²) >= 11 is 0. The van der Waals surface area contributed by atoms with Gasteiger partial charge in [0.25, 0.3) is 5.91 Å². The van der Waals surface area contributed by atoms with Gasteiger partial charge in [-0.15, -0.1) is 0 Å². The van der Waals surface area contributed by atoms with E-state index in [1.165, 1.54) is 24.3 Å². The molecule has 0 fully saturated rings. The summed E-state index contributed by atoms with van der Waals surface area (Å²) in [7, 11) is 1.28. The third kappa shape index (κ3) is 3.72. The Morgan fingerprint density at radius 1 is 1.12 bits per heavy atom. The highest BCUT2D eigenvalue weighted by Gasteiger charge is 2.35. The number of amides is 1. The Hall–Kier alpha value is -3.22. The molecule has 0 unspecified atom stereocenters. The quantitative estimate of drug-likeness (QED) is 0.771. The minimum absolute atomic E-state index is 0.119. The van der Waals surface area contributed by atoms with Crippen LogP contribution in [0.1, 0.15) is 21.6 Å². The lowest BCUT2D eigenvalue weighted by Gasteiger charge is -2.35. The van der Waals surface area contributed by atoms with E-state index in [1.807, 2.05) is 24.3 Å². The molecule has 0 aliphatic carbocycles. The minimum atomic E-state index is -0.740. The largest absolute Gasteiger partial charge is 0.467 e. The van der Waals surface area contributed by atoms with Gasteiger partial charge in [-0.05, 0) is 23.3 Å². The van der Waals surface area contributed by atoms with Crippen LogP contribution in [0.4, 0.5) is 0 Å². The summed E-state index contributed by atoms with van der Waals surface area (Å²) in [6.45, 7) is -0.207. The van der Waals surface area contributed by atoms with Crippen LogP contribution in [0.2, 0.25) is 0 Å². The molecule has 7 heteroatoms. The predicted octanol–water partition coefficient (Wildman–Crippen LogP) is 1.36. The molecule has 1 aliphatic rings. The maximum Gasteiger partial charge on any atom is 0.357 e. The van der Waals surface area contributed by atoms with Gasteiger partial charge in [-0.1, -0.05) is 30.3 Å². The third-order valence-corrected chi connectivity index (χ3v) is 4.24. The molecule has 1 aromatic carbocycles. The van der Waals surface area contributed by atoms with E-state index in [1.54, 1.807) is 12.1 Å². The van der Waals surface area contributed by atoms with Crippen LogP contribution in [0.15, 0.2) is 48.7 Å². The topological polar surface area (TPSA) is 85.8 Å². The van der Waals surface area contributed by atoms with Crippen molar-refractivity contribution >= 4 is 17.8 Å². The number of aromatic nitrogens is 1. The van der Waals surface area contributed by atoms with Crippen molar-refractivity contribution in [3.63, 3.8) is 0 Å². The first-order valence-corrected chi connectivity index (χ1v) is 8.12. The Morgan fingerprint density at radius 2 is 1.85 bits per heavy atom. The summed E-state index contributed by atoms with van der Waals surface area (Å²) in [5, 5.41) is 0. The Morgan fingerprint density at radius 3 is 2.54 bits per heavy atom. The van der Waals surface area contributed by atoms with Crippen LogP contribution < -0.4 is 0 Å². The van der Waals surface area contributed by atoms with Crippen molar-refractivity contribution < 1.29 is 23.9 Å². The van der Waals surface area contributed by atoms with Crippen LogP contribution in [0.3, 0.4) is 0 Å². The van der Waals surface area contributed by atoms with Gasteiger partial charge in [-0.2, -0.15) is 0 Å². The van der Waals surface area contributed by atoms with E-state index in [-0.39, 0.29) is 12.2 Å². The number of hydrogen-bond acceptors (Lipinski definition) is 6. The molecule has 3 rings (SSSR count). The van der Waals surface area contributed by atoms with Crippen LogP contribution in [0.25, 0.3) is 0 Å². The van der Waals surface area contributed by atoms with Crippen LogP contribution in [0.5, 0.6) is 0 Å². The molecule has 0 bridgehead atoms. The first-order chi connectivity index (χ1) is 12.6. The predicted molar refractivity (Wildman–Crippen MR) is 91.0 cm³/mol. The SMILES string of the molecule is COC(=O)[C@H]1Cc2ccccc2CN1C(=O)COC(=O)c1ccccn1. The highest BCUT2D eigenvalue weighted by Crippen LogP contribution is 2.24. The first-order valence-electron chi connectivity index (χ1n) is 8.12. The second-order valence-corrected chi connectivity index (χ2v) is 5.82. The number of hydrogen-bond donors (Lipinski definition) is 0. The van der Waals surface area contributed by atoms with E-state index in [0.717, 1.165) is 11.1 Å². The molecule has 1 aliphatic heterocycles. The molecular weight excluding hydrogens is 336 g/mol. The molecule has 0 N–H and O–H groups in total. The normalized spacial score (nSPS) is 15.7. The summed E-state index contributed by atoms with van der Waals surface area (Å²) in [6.07, 6.45) is 1.83. The van der Waals surface area contributed by atoms with Crippen LogP contribution >= 0.6 is 0 Å². The highest BCUT2D eigenvalue weighted by atomic mass is 16.5. The molecule has 2 heterocycles. The van der Waals surface area contributed by atoms with Crippen molar-refractivity contribution in [2.24, 2.45) is 0 Å². The Labute approximate surface area is 150 Å². The molecule has 0 saturated heterocycles. The number of esters is 2. The Balaban J connectivity index is 1.72. The number of nitrogens with zero attached hydrogens (tertiary/aromatic N) is 2. The van der Waals surface area contributed by atoms with Gasteiger partial charge in [-0.3, -0.25) is 4.79 Å². The number of methoxy groups -OCH3 is 1. The van der Waals surface area contributed by atoms with Crippen molar-refractivity contribution in [3.05, 3.63) is 65.5 Å². The molecule has 2 aromatic rings. The van der Waals surface area contributed by atoms with E-state index in [2.05, 4.69) is 4.98 Å². The molecular formula is C19H18N2O5. The summed E-state index contributed by atoms with van der Waals surface area (Å²) in [5.74, 6) is -1.64. The summed E-state index contributed by atoms with van der Waals surface area (Å²) in [4.78, 5) is 41.9. The maximum atomic E-state index is 12.6. The van der Waals surface area contributed by atoms with Crippen LogP contribution in [-0.2, 0) is 32.0 Å². The molecule has 1 amide bonds. The molecule has 1 atom stereocenters. The lowest BCUT2D eigenvalue weighted by atomic mass is 9.94. The van der Waals surface area contributed by atoms with Crippen LogP contribution in [0, 0.1) is 0 Å². The fourth-order valence-electron chi connectivity index (χ4n) is 2.90. The standard InChI is InChI=1S/C19H18N2O5/c1-25-19(24)16-10-13-6-2-3-7-14(13)11-21(16)17(22)12-26-18(23)15-8-4-5-9-20-15/h2-9,16H,10-12H2,1H3/t16-/m1/s1. The average molecular weight is 354 g/mol. The number of rotatable bonds is 4. The van der Waals surface area contributed by atoms with Crippen molar-refractivity contribution in [2.75, 3.05) is 13.7 Å². The molecule has 1 aromatic heterocycles. The minimum Gasteiger partial charge on any atom is -0.467 e. The molecule has 7 nitrogen and oxygen atoms in total. The van der Waals surface area contributed by atoms with Gasteiger partial charge < -0.3 is 14.4 Å². The van der Waals surface area contributed by atoms with Gasteiger partial charge in [0.2, 0.25) is 0 Å². The number of ether oxygens (including phenoxy) is 2. The molecule has 134 valence electrons. The second kappa shape index (κ2) is 7.77. The molecule has 0 saturated carbocycles. The number of carbonyl (C=O) groups is 3. The van der Waals surface area contributed by atoms with Gasteiger partial charge in [0.1, 0.15) is 11.7 Å². The molecule has 0 spiro atoms. The van der Waals surface area contributed by atoms with E-state index in [4.69, 9.17) is 9.47 Å².